The normalized spacial score (nSPS) is 18.8. The Balaban J connectivity index is 3.64. The second kappa shape index (κ2) is 6.40. The third-order valence-electron chi connectivity index (χ3n) is 2.23. The van der Waals surface area contributed by atoms with Gasteiger partial charge in [0.1, 0.15) is 0 Å². The molecular formula is C9H21NO2. The van der Waals surface area contributed by atoms with Crippen molar-refractivity contribution in [1.82, 2.24) is 0 Å². The van der Waals surface area contributed by atoms with Crippen molar-refractivity contribution in [3.05, 3.63) is 0 Å². The van der Waals surface area contributed by atoms with E-state index in [1.165, 1.54) is 0 Å². The lowest BCUT2D eigenvalue weighted by Gasteiger charge is -2.22. The maximum absolute atomic E-state index is 9.29. The molecule has 0 aliphatic rings. The summed E-state index contributed by atoms with van der Waals surface area (Å²) in [5, 5.41) is 18.6. The van der Waals surface area contributed by atoms with E-state index in [-0.39, 0.29) is 5.92 Å². The van der Waals surface area contributed by atoms with Crippen LogP contribution in [0.15, 0.2) is 0 Å². The van der Waals surface area contributed by atoms with E-state index in [4.69, 9.17) is 5.73 Å². The van der Waals surface area contributed by atoms with Crippen LogP contribution in [-0.2, 0) is 0 Å². The fraction of sp³-hybridized carbons (Fsp3) is 1.00. The number of nitrogens with two attached hydrogens (primary N) is 1. The largest absolute Gasteiger partial charge is 0.393 e. The molecule has 12 heavy (non-hydrogen) atoms. The molecule has 0 aliphatic heterocycles. The fourth-order valence-corrected chi connectivity index (χ4v) is 1.41. The maximum atomic E-state index is 9.29. The summed E-state index contributed by atoms with van der Waals surface area (Å²) in [5.41, 5.74) is 5.34. The molecule has 0 aromatic heterocycles. The molecule has 0 rings (SSSR count). The first-order valence-corrected chi connectivity index (χ1v) is 4.65. The topological polar surface area (TPSA) is 66.5 Å². The smallest absolute Gasteiger partial charge is 0.0564 e. The molecule has 0 saturated heterocycles. The van der Waals surface area contributed by atoms with E-state index >= 15 is 0 Å². The van der Waals surface area contributed by atoms with Crippen molar-refractivity contribution in [2.75, 3.05) is 6.54 Å². The molecule has 0 spiro atoms. The van der Waals surface area contributed by atoms with Gasteiger partial charge in [-0.15, -0.1) is 0 Å². The van der Waals surface area contributed by atoms with Gasteiger partial charge in [0.15, 0.2) is 0 Å². The van der Waals surface area contributed by atoms with Gasteiger partial charge in [0, 0.05) is 5.92 Å². The number of hydrogen-bond donors (Lipinski definition) is 3. The third kappa shape index (κ3) is 4.70. The van der Waals surface area contributed by atoms with Crippen LogP contribution in [0, 0.1) is 5.92 Å². The van der Waals surface area contributed by atoms with Gasteiger partial charge >= 0.3 is 0 Å². The minimum atomic E-state index is -0.428. The summed E-state index contributed by atoms with van der Waals surface area (Å²) in [4.78, 5) is 0. The predicted molar refractivity (Wildman–Crippen MR) is 49.8 cm³/mol. The number of rotatable bonds is 6. The van der Waals surface area contributed by atoms with Crippen LogP contribution >= 0.6 is 0 Å². The third-order valence-corrected chi connectivity index (χ3v) is 2.23. The van der Waals surface area contributed by atoms with Crippen molar-refractivity contribution >= 4 is 0 Å². The minimum absolute atomic E-state index is 0.00319. The molecule has 0 aliphatic carbocycles. The maximum Gasteiger partial charge on any atom is 0.0564 e. The van der Waals surface area contributed by atoms with Gasteiger partial charge in [-0.05, 0) is 33.2 Å². The minimum Gasteiger partial charge on any atom is -0.393 e. The molecule has 0 bridgehead atoms. The Morgan fingerprint density at radius 2 is 1.58 bits per heavy atom. The lowest BCUT2D eigenvalue weighted by Crippen LogP contribution is -2.27. The zero-order valence-corrected chi connectivity index (χ0v) is 8.03. The molecule has 0 aromatic carbocycles. The SMILES string of the molecule is CC(O)C(CCCCN)C(C)O. The van der Waals surface area contributed by atoms with E-state index in [1.54, 1.807) is 13.8 Å². The standard InChI is InChI=1S/C9H21NO2/c1-7(11)9(8(2)12)5-3-4-6-10/h7-9,11-12H,3-6,10H2,1-2H3. The van der Waals surface area contributed by atoms with Crippen molar-refractivity contribution < 1.29 is 10.2 Å². The van der Waals surface area contributed by atoms with Crippen LogP contribution in [0.3, 0.4) is 0 Å². The molecule has 0 radical (unpaired) electrons. The monoisotopic (exact) mass is 175 g/mol. The van der Waals surface area contributed by atoms with Gasteiger partial charge in [-0.1, -0.05) is 6.42 Å². The highest BCUT2D eigenvalue weighted by Gasteiger charge is 2.19. The highest BCUT2D eigenvalue weighted by Crippen LogP contribution is 2.16. The molecule has 0 amide bonds. The molecule has 0 aromatic rings. The van der Waals surface area contributed by atoms with Gasteiger partial charge < -0.3 is 15.9 Å². The summed E-state index contributed by atoms with van der Waals surface area (Å²) in [6.45, 7) is 4.13. The van der Waals surface area contributed by atoms with Crippen LogP contribution in [0.25, 0.3) is 0 Å². The van der Waals surface area contributed by atoms with Crippen LogP contribution in [0.1, 0.15) is 33.1 Å². The molecule has 3 heteroatoms. The van der Waals surface area contributed by atoms with Crippen molar-refractivity contribution in [2.24, 2.45) is 11.7 Å². The zero-order valence-electron chi connectivity index (χ0n) is 8.03. The Bertz CT molecular complexity index is 96.7. The molecule has 0 saturated carbocycles. The number of unbranched alkanes of at least 4 members (excludes halogenated alkanes) is 1. The molecule has 2 atom stereocenters. The summed E-state index contributed by atoms with van der Waals surface area (Å²) in [7, 11) is 0. The Morgan fingerprint density at radius 1 is 1.08 bits per heavy atom. The summed E-state index contributed by atoms with van der Waals surface area (Å²) >= 11 is 0. The second-order valence-electron chi connectivity index (χ2n) is 3.43. The van der Waals surface area contributed by atoms with Crippen molar-refractivity contribution in [1.29, 1.82) is 0 Å². The average molecular weight is 175 g/mol. The van der Waals surface area contributed by atoms with E-state index in [2.05, 4.69) is 0 Å². The lowest BCUT2D eigenvalue weighted by atomic mass is 9.92. The van der Waals surface area contributed by atoms with Gasteiger partial charge in [-0.3, -0.25) is 0 Å². The predicted octanol–water partition coefficient (Wildman–Crippen LogP) is 0.493. The summed E-state index contributed by atoms with van der Waals surface area (Å²) in [6.07, 6.45) is 1.95. The molecule has 0 fully saturated rings. The first-order chi connectivity index (χ1) is 5.59. The van der Waals surface area contributed by atoms with E-state index in [0.717, 1.165) is 19.3 Å². The van der Waals surface area contributed by atoms with Crippen LogP contribution in [-0.4, -0.2) is 29.0 Å². The van der Waals surface area contributed by atoms with Crippen LogP contribution in [0.2, 0.25) is 0 Å². The quantitative estimate of drug-likeness (QED) is 0.515. The Hall–Kier alpha value is -0.120. The molecule has 0 heterocycles. The van der Waals surface area contributed by atoms with Crippen LogP contribution in [0.5, 0.6) is 0 Å². The molecule has 74 valence electrons. The average Bonchev–Trinajstić information content (AvgIpc) is 1.96. The van der Waals surface area contributed by atoms with E-state index in [0.29, 0.717) is 6.54 Å². The summed E-state index contributed by atoms with van der Waals surface area (Å²) in [6, 6.07) is 0. The molecule has 3 nitrogen and oxygen atoms in total. The Labute approximate surface area is 74.6 Å². The van der Waals surface area contributed by atoms with Crippen molar-refractivity contribution in [3.8, 4) is 0 Å². The van der Waals surface area contributed by atoms with Gasteiger partial charge in [-0.2, -0.15) is 0 Å². The van der Waals surface area contributed by atoms with Crippen LogP contribution < -0.4 is 5.73 Å². The number of aliphatic hydroxyl groups is 2. The van der Waals surface area contributed by atoms with Gasteiger partial charge in [0.05, 0.1) is 12.2 Å². The first-order valence-electron chi connectivity index (χ1n) is 4.65. The van der Waals surface area contributed by atoms with Crippen LogP contribution in [0.4, 0.5) is 0 Å². The van der Waals surface area contributed by atoms with Gasteiger partial charge in [0.25, 0.3) is 0 Å². The first kappa shape index (κ1) is 11.9. The lowest BCUT2D eigenvalue weighted by molar-refractivity contribution is 0.0260. The molecule has 2 unspecified atom stereocenters. The Kier molecular flexibility index (Phi) is 6.34. The van der Waals surface area contributed by atoms with E-state index in [9.17, 15) is 10.2 Å². The zero-order chi connectivity index (χ0) is 9.56. The van der Waals surface area contributed by atoms with Crippen molar-refractivity contribution in [3.63, 3.8) is 0 Å². The Morgan fingerprint density at radius 3 is 1.92 bits per heavy atom. The number of aliphatic hydroxyl groups excluding tert-OH is 2. The van der Waals surface area contributed by atoms with Crippen molar-refractivity contribution in [2.45, 2.75) is 45.3 Å². The summed E-state index contributed by atoms with van der Waals surface area (Å²) < 4.78 is 0. The van der Waals surface area contributed by atoms with E-state index in [1.807, 2.05) is 0 Å². The second-order valence-corrected chi connectivity index (χ2v) is 3.43. The number of hydrogen-bond acceptors (Lipinski definition) is 3. The van der Waals surface area contributed by atoms with E-state index < -0.39 is 12.2 Å². The summed E-state index contributed by atoms with van der Waals surface area (Å²) in [5.74, 6) is -0.00319. The molecule has 4 N–H and O–H groups in total. The van der Waals surface area contributed by atoms with Gasteiger partial charge in [-0.25, -0.2) is 0 Å². The fourth-order valence-electron chi connectivity index (χ4n) is 1.41. The highest BCUT2D eigenvalue weighted by molar-refractivity contribution is 4.70. The van der Waals surface area contributed by atoms with Gasteiger partial charge in [0.2, 0.25) is 0 Å². The molecular weight excluding hydrogens is 154 g/mol. The highest BCUT2D eigenvalue weighted by atomic mass is 16.3.